The summed E-state index contributed by atoms with van der Waals surface area (Å²) in [5.41, 5.74) is 1.47. The molecule has 0 spiro atoms. The van der Waals surface area contributed by atoms with Crippen LogP contribution >= 0.6 is 22.9 Å². The SMILES string of the molecule is CCC(C)C(NC(=O)Cc1ccc(F)cc1)C(=O)Nc1nnc(-c2cccc(Cl)c2)s1. The van der Waals surface area contributed by atoms with Gasteiger partial charge >= 0.3 is 0 Å². The number of rotatable bonds is 8. The van der Waals surface area contributed by atoms with Gasteiger partial charge in [0.15, 0.2) is 0 Å². The Morgan fingerprint density at radius 2 is 1.90 bits per heavy atom. The van der Waals surface area contributed by atoms with Crippen molar-refractivity contribution in [2.24, 2.45) is 5.92 Å². The van der Waals surface area contributed by atoms with Crippen molar-refractivity contribution < 1.29 is 14.0 Å². The van der Waals surface area contributed by atoms with Crippen LogP contribution in [0.2, 0.25) is 5.02 Å². The fraction of sp³-hybridized carbons (Fsp3) is 0.273. The average molecular weight is 461 g/mol. The summed E-state index contributed by atoms with van der Waals surface area (Å²) in [6.07, 6.45) is 0.747. The van der Waals surface area contributed by atoms with Crippen LogP contribution in [-0.4, -0.2) is 28.1 Å². The maximum absolute atomic E-state index is 13.1. The molecule has 0 saturated heterocycles. The molecule has 0 aliphatic rings. The first-order chi connectivity index (χ1) is 14.9. The summed E-state index contributed by atoms with van der Waals surface area (Å²) >= 11 is 7.24. The van der Waals surface area contributed by atoms with E-state index in [9.17, 15) is 14.0 Å². The lowest BCUT2D eigenvalue weighted by Gasteiger charge is -2.23. The number of aromatic nitrogens is 2. The smallest absolute Gasteiger partial charge is 0.249 e. The average Bonchev–Trinajstić information content (AvgIpc) is 3.21. The molecule has 2 amide bonds. The largest absolute Gasteiger partial charge is 0.344 e. The standard InChI is InChI=1S/C22H22ClFN4O2S/c1-3-13(2)19(25-18(29)11-14-7-9-17(24)10-8-14)20(30)26-22-28-27-21(31-22)15-5-4-6-16(23)12-15/h4-10,12-13,19H,3,11H2,1-2H3,(H,25,29)(H,26,28,30). The van der Waals surface area contributed by atoms with Gasteiger partial charge in [-0.15, -0.1) is 10.2 Å². The van der Waals surface area contributed by atoms with E-state index >= 15 is 0 Å². The van der Waals surface area contributed by atoms with Gasteiger partial charge in [0.1, 0.15) is 16.9 Å². The van der Waals surface area contributed by atoms with Gasteiger partial charge in [0.2, 0.25) is 16.9 Å². The minimum Gasteiger partial charge on any atom is -0.344 e. The van der Waals surface area contributed by atoms with Gasteiger partial charge in [-0.3, -0.25) is 14.9 Å². The van der Waals surface area contributed by atoms with E-state index in [2.05, 4.69) is 20.8 Å². The number of anilines is 1. The van der Waals surface area contributed by atoms with E-state index in [0.29, 0.717) is 27.1 Å². The van der Waals surface area contributed by atoms with Crippen molar-refractivity contribution in [1.29, 1.82) is 0 Å². The Kier molecular flexibility index (Phi) is 7.70. The molecule has 1 heterocycles. The topological polar surface area (TPSA) is 84.0 Å². The van der Waals surface area contributed by atoms with E-state index in [0.717, 1.165) is 5.56 Å². The van der Waals surface area contributed by atoms with Crippen molar-refractivity contribution in [3.63, 3.8) is 0 Å². The number of hydrogen-bond acceptors (Lipinski definition) is 5. The van der Waals surface area contributed by atoms with Gasteiger partial charge in [0, 0.05) is 10.6 Å². The van der Waals surface area contributed by atoms with Gasteiger partial charge in [-0.1, -0.05) is 67.5 Å². The monoisotopic (exact) mass is 460 g/mol. The Morgan fingerprint density at radius 3 is 2.58 bits per heavy atom. The molecule has 0 radical (unpaired) electrons. The Labute approximate surface area is 188 Å². The zero-order chi connectivity index (χ0) is 22.4. The molecule has 0 bridgehead atoms. The molecule has 162 valence electrons. The quantitative estimate of drug-likeness (QED) is 0.510. The zero-order valence-electron chi connectivity index (χ0n) is 17.1. The third kappa shape index (κ3) is 6.32. The molecule has 6 nitrogen and oxygen atoms in total. The first kappa shape index (κ1) is 22.8. The van der Waals surface area contributed by atoms with Crippen molar-refractivity contribution >= 4 is 39.9 Å². The number of halogens is 2. The van der Waals surface area contributed by atoms with Crippen LogP contribution in [-0.2, 0) is 16.0 Å². The number of nitrogens with one attached hydrogen (secondary N) is 2. The van der Waals surface area contributed by atoms with E-state index in [1.54, 1.807) is 24.3 Å². The molecule has 2 atom stereocenters. The van der Waals surface area contributed by atoms with Crippen molar-refractivity contribution in [2.45, 2.75) is 32.7 Å². The van der Waals surface area contributed by atoms with E-state index in [-0.39, 0.29) is 30.0 Å². The van der Waals surface area contributed by atoms with E-state index in [1.807, 2.05) is 26.0 Å². The number of benzene rings is 2. The summed E-state index contributed by atoms with van der Waals surface area (Å²) in [6.45, 7) is 3.83. The highest BCUT2D eigenvalue weighted by Gasteiger charge is 2.27. The van der Waals surface area contributed by atoms with E-state index in [1.165, 1.54) is 23.5 Å². The highest BCUT2D eigenvalue weighted by atomic mass is 35.5. The Morgan fingerprint density at radius 1 is 1.16 bits per heavy atom. The molecule has 0 aliphatic heterocycles. The summed E-state index contributed by atoms with van der Waals surface area (Å²) in [5.74, 6) is -1.15. The second-order valence-corrected chi connectivity index (χ2v) is 8.56. The lowest BCUT2D eigenvalue weighted by Crippen LogP contribution is -2.48. The number of carbonyl (C=O) groups excluding carboxylic acids is 2. The fourth-order valence-electron chi connectivity index (χ4n) is 2.91. The van der Waals surface area contributed by atoms with Gasteiger partial charge < -0.3 is 5.32 Å². The second-order valence-electron chi connectivity index (χ2n) is 7.15. The molecule has 2 unspecified atom stereocenters. The molecule has 3 aromatic rings. The molecular weight excluding hydrogens is 439 g/mol. The number of amides is 2. The molecule has 3 rings (SSSR count). The van der Waals surface area contributed by atoms with E-state index < -0.39 is 6.04 Å². The Bertz CT molecular complexity index is 1060. The van der Waals surface area contributed by atoms with Crippen LogP contribution in [0.3, 0.4) is 0 Å². The lowest BCUT2D eigenvalue weighted by molar-refractivity contribution is -0.127. The van der Waals surface area contributed by atoms with Crippen LogP contribution in [0.15, 0.2) is 48.5 Å². The Balaban J connectivity index is 1.67. The zero-order valence-corrected chi connectivity index (χ0v) is 18.6. The summed E-state index contributed by atoms with van der Waals surface area (Å²) in [7, 11) is 0. The summed E-state index contributed by atoms with van der Waals surface area (Å²) in [5, 5.41) is 15.2. The molecule has 9 heteroatoms. The third-order valence-electron chi connectivity index (χ3n) is 4.82. The van der Waals surface area contributed by atoms with E-state index in [4.69, 9.17) is 11.6 Å². The maximum Gasteiger partial charge on any atom is 0.249 e. The fourth-order valence-corrected chi connectivity index (χ4v) is 3.84. The van der Waals surface area contributed by atoms with Crippen molar-refractivity contribution in [1.82, 2.24) is 15.5 Å². The molecule has 0 fully saturated rings. The minimum atomic E-state index is -0.739. The first-order valence-corrected chi connectivity index (χ1v) is 11.0. The molecular formula is C22H22ClFN4O2S. The predicted molar refractivity (Wildman–Crippen MR) is 120 cm³/mol. The number of carbonyl (C=O) groups is 2. The summed E-state index contributed by atoms with van der Waals surface area (Å²) < 4.78 is 13.1. The van der Waals surface area contributed by atoms with Gasteiger partial charge in [0.25, 0.3) is 0 Å². The van der Waals surface area contributed by atoms with Crippen molar-refractivity contribution in [3.8, 4) is 10.6 Å². The van der Waals surface area contributed by atoms with Crippen LogP contribution in [0.25, 0.3) is 10.6 Å². The molecule has 2 aromatic carbocycles. The predicted octanol–water partition coefficient (Wildman–Crippen LogP) is 4.71. The number of nitrogens with zero attached hydrogens (tertiary/aromatic N) is 2. The van der Waals surface area contributed by atoms with Crippen LogP contribution in [0.4, 0.5) is 9.52 Å². The van der Waals surface area contributed by atoms with Crippen LogP contribution < -0.4 is 10.6 Å². The lowest BCUT2D eigenvalue weighted by atomic mass is 9.98. The first-order valence-electron chi connectivity index (χ1n) is 9.79. The van der Waals surface area contributed by atoms with Crippen LogP contribution in [0.1, 0.15) is 25.8 Å². The third-order valence-corrected chi connectivity index (χ3v) is 5.94. The highest BCUT2D eigenvalue weighted by molar-refractivity contribution is 7.18. The summed E-state index contributed by atoms with van der Waals surface area (Å²) in [6, 6.07) is 12.2. The molecule has 31 heavy (non-hydrogen) atoms. The van der Waals surface area contributed by atoms with Crippen molar-refractivity contribution in [2.75, 3.05) is 5.32 Å². The van der Waals surface area contributed by atoms with Crippen molar-refractivity contribution in [3.05, 3.63) is 64.9 Å². The van der Waals surface area contributed by atoms with Gasteiger partial charge in [-0.05, 0) is 35.7 Å². The molecule has 1 aromatic heterocycles. The van der Waals surface area contributed by atoms with Gasteiger partial charge in [-0.2, -0.15) is 0 Å². The Hall–Kier alpha value is -2.84. The van der Waals surface area contributed by atoms with Gasteiger partial charge in [0.05, 0.1) is 6.42 Å². The molecule has 0 saturated carbocycles. The highest BCUT2D eigenvalue weighted by Crippen LogP contribution is 2.28. The maximum atomic E-state index is 13.1. The number of hydrogen-bond donors (Lipinski definition) is 2. The molecule has 2 N–H and O–H groups in total. The minimum absolute atomic E-state index is 0.0538. The van der Waals surface area contributed by atoms with Crippen LogP contribution in [0, 0.1) is 11.7 Å². The normalized spacial score (nSPS) is 12.8. The van der Waals surface area contributed by atoms with Crippen LogP contribution in [0.5, 0.6) is 0 Å². The summed E-state index contributed by atoms with van der Waals surface area (Å²) in [4.78, 5) is 25.4. The van der Waals surface area contributed by atoms with Gasteiger partial charge in [-0.25, -0.2) is 4.39 Å². The second kappa shape index (κ2) is 10.5. The molecule has 0 aliphatic carbocycles.